The molecule has 1 N–H and O–H groups in total. The Kier molecular flexibility index (Phi) is 4.92. The average Bonchev–Trinajstić information content (AvgIpc) is 2.92. The lowest BCUT2D eigenvalue weighted by molar-refractivity contribution is -0.122. The van der Waals surface area contributed by atoms with E-state index in [2.05, 4.69) is 21.2 Å². The van der Waals surface area contributed by atoms with E-state index in [1.54, 1.807) is 23.1 Å². The van der Waals surface area contributed by atoms with E-state index in [0.717, 1.165) is 15.7 Å². The van der Waals surface area contributed by atoms with E-state index in [1.807, 2.05) is 31.2 Å². The summed E-state index contributed by atoms with van der Waals surface area (Å²) in [5, 5.41) is 3.27. The monoisotopic (exact) mass is 406 g/mol. The molecule has 1 saturated heterocycles. The summed E-state index contributed by atoms with van der Waals surface area (Å²) in [7, 11) is 0. The van der Waals surface area contributed by atoms with Gasteiger partial charge >= 0.3 is 0 Å². The zero-order chi connectivity index (χ0) is 17.3. The van der Waals surface area contributed by atoms with Crippen LogP contribution in [-0.4, -0.2) is 18.4 Å². The minimum absolute atomic E-state index is 0.0392. The van der Waals surface area contributed by atoms with Gasteiger partial charge in [0.25, 0.3) is 0 Å². The smallest absolute Gasteiger partial charge is 0.229 e. The van der Waals surface area contributed by atoms with Gasteiger partial charge in [0.2, 0.25) is 11.8 Å². The van der Waals surface area contributed by atoms with Gasteiger partial charge in [0.05, 0.1) is 16.6 Å². The molecule has 24 heavy (non-hydrogen) atoms. The number of carbonyl (C=O) groups is 2. The van der Waals surface area contributed by atoms with Crippen LogP contribution >= 0.6 is 27.5 Å². The number of nitrogens with one attached hydrogen (secondary N) is 1. The summed E-state index contributed by atoms with van der Waals surface area (Å²) in [5.74, 6) is -0.622. The summed E-state index contributed by atoms with van der Waals surface area (Å²) >= 11 is 9.46. The molecule has 2 aromatic carbocycles. The number of anilines is 2. The number of amides is 2. The van der Waals surface area contributed by atoms with Gasteiger partial charge in [-0.25, -0.2) is 0 Å². The molecule has 1 atom stereocenters. The Labute approximate surface area is 153 Å². The van der Waals surface area contributed by atoms with E-state index in [4.69, 9.17) is 11.6 Å². The average molecular weight is 408 g/mol. The van der Waals surface area contributed by atoms with Crippen LogP contribution in [0, 0.1) is 12.8 Å². The number of hydrogen-bond acceptors (Lipinski definition) is 2. The number of halogens is 2. The largest absolute Gasteiger partial charge is 0.324 e. The van der Waals surface area contributed by atoms with Crippen LogP contribution in [0.2, 0.25) is 5.02 Å². The third-order valence-electron chi connectivity index (χ3n) is 4.00. The van der Waals surface area contributed by atoms with E-state index >= 15 is 0 Å². The molecule has 6 heteroatoms. The Morgan fingerprint density at radius 2 is 2.08 bits per heavy atom. The first-order valence-electron chi connectivity index (χ1n) is 7.57. The lowest BCUT2D eigenvalue weighted by atomic mass is 10.1. The molecule has 2 amide bonds. The highest BCUT2D eigenvalue weighted by molar-refractivity contribution is 9.10. The van der Waals surface area contributed by atoms with Crippen LogP contribution in [0.25, 0.3) is 0 Å². The van der Waals surface area contributed by atoms with Crippen LogP contribution < -0.4 is 10.2 Å². The van der Waals surface area contributed by atoms with E-state index in [9.17, 15) is 9.59 Å². The molecule has 0 spiro atoms. The summed E-state index contributed by atoms with van der Waals surface area (Å²) in [6.45, 7) is 2.35. The second kappa shape index (κ2) is 6.95. The van der Waals surface area contributed by atoms with Crippen LogP contribution in [0.1, 0.15) is 12.0 Å². The van der Waals surface area contributed by atoms with E-state index in [1.165, 1.54) is 0 Å². The summed E-state index contributed by atoms with van der Waals surface area (Å²) in [6, 6.07) is 13.0. The number of hydrogen-bond donors (Lipinski definition) is 1. The predicted octanol–water partition coefficient (Wildman–Crippen LogP) is 4.40. The van der Waals surface area contributed by atoms with Crippen LogP contribution in [-0.2, 0) is 9.59 Å². The van der Waals surface area contributed by atoms with E-state index < -0.39 is 5.92 Å². The van der Waals surface area contributed by atoms with Gasteiger partial charge in [-0.15, -0.1) is 0 Å². The first kappa shape index (κ1) is 17.0. The normalized spacial score (nSPS) is 17.2. The maximum Gasteiger partial charge on any atom is 0.229 e. The van der Waals surface area contributed by atoms with E-state index in [-0.39, 0.29) is 18.2 Å². The molecule has 1 heterocycles. The molecule has 0 radical (unpaired) electrons. The molecule has 4 nitrogen and oxygen atoms in total. The summed E-state index contributed by atoms with van der Waals surface area (Å²) < 4.78 is 0.840. The van der Waals surface area contributed by atoms with Crippen molar-refractivity contribution in [3.05, 3.63) is 57.5 Å². The molecule has 1 aliphatic rings. The topological polar surface area (TPSA) is 49.4 Å². The molecule has 0 bridgehead atoms. The van der Waals surface area contributed by atoms with Crippen molar-refractivity contribution < 1.29 is 9.59 Å². The molecule has 124 valence electrons. The number of carbonyl (C=O) groups excluding carboxylic acids is 2. The van der Waals surface area contributed by atoms with Gasteiger partial charge in [-0.3, -0.25) is 9.59 Å². The Morgan fingerprint density at radius 1 is 1.29 bits per heavy atom. The standard InChI is InChI=1S/C18H16BrClN2O2/c1-11-3-2-4-14(7-11)22-10-12(8-17(22)23)18(24)21-16-6-5-13(19)9-15(16)20/h2-7,9,12H,8,10H2,1H3,(H,21,24)/t12-/m1/s1. The molecule has 0 aliphatic carbocycles. The third-order valence-corrected chi connectivity index (χ3v) is 4.80. The number of aryl methyl sites for hydroxylation is 1. The zero-order valence-corrected chi connectivity index (χ0v) is 15.4. The maximum atomic E-state index is 12.5. The van der Waals surface area contributed by atoms with Crippen molar-refractivity contribution in [1.29, 1.82) is 0 Å². The fourth-order valence-corrected chi connectivity index (χ4v) is 3.47. The fraction of sp³-hybridized carbons (Fsp3) is 0.222. The lowest BCUT2D eigenvalue weighted by Gasteiger charge is -2.17. The van der Waals surface area contributed by atoms with Gasteiger partial charge < -0.3 is 10.2 Å². The van der Waals surface area contributed by atoms with Crippen LogP contribution in [0.5, 0.6) is 0 Å². The van der Waals surface area contributed by atoms with Crippen LogP contribution in [0.4, 0.5) is 11.4 Å². The van der Waals surface area contributed by atoms with Gasteiger partial charge in [0, 0.05) is 23.1 Å². The molecule has 0 aromatic heterocycles. The van der Waals surface area contributed by atoms with E-state index in [0.29, 0.717) is 17.3 Å². The predicted molar refractivity (Wildman–Crippen MR) is 99.4 cm³/mol. The van der Waals surface area contributed by atoms with Gasteiger partial charge in [-0.1, -0.05) is 39.7 Å². The summed E-state index contributed by atoms with van der Waals surface area (Å²) in [4.78, 5) is 26.4. The quantitative estimate of drug-likeness (QED) is 0.819. The summed E-state index contributed by atoms with van der Waals surface area (Å²) in [6.07, 6.45) is 0.202. The van der Waals surface area contributed by atoms with Crippen molar-refractivity contribution in [3.63, 3.8) is 0 Å². The van der Waals surface area contributed by atoms with Crippen molar-refractivity contribution in [2.45, 2.75) is 13.3 Å². The molecule has 0 unspecified atom stereocenters. The zero-order valence-electron chi connectivity index (χ0n) is 13.1. The Bertz CT molecular complexity index is 809. The van der Waals surface area contributed by atoms with Gasteiger partial charge in [0.15, 0.2) is 0 Å². The van der Waals surface area contributed by atoms with Crippen LogP contribution in [0.15, 0.2) is 46.9 Å². The molecule has 3 rings (SSSR count). The highest BCUT2D eigenvalue weighted by atomic mass is 79.9. The number of nitrogens with zero attached hydrogens (tertiary/aromatic N) is 1. The molecule has 1 aliphatic heterocycles. The van der Waals surface area contributed by atoms with Crippen molar-refractivity contribution in [3.8, 4) is 0 Å². The van der Waals surface area contributed by atoms with Crippen molar-refractivity contribution in [1.82, 2.24) is 0 Å². The molecule has 2 aromatic rings. The minimum Gasteiger partial charge on any atom is -0.324 e. The first-order chi connectivity index (χ1) is 11.4. The Hall–Kier alpha value is -1.85. The van der Waals surface area contributed by atoms with Crippen molar-refractivity contribution in [2.24, 2.45) is 5.92 Å². The molecule has 1 fully saturated rings. The highest BCUT2D eigenvalue weighted by Crippen LogP contribution is 2.29. The van der Waals surface area contributed by atoms with Crippen LogP contribution in [0.3, 0.4) is 0 Å². The number of rotatable bonds is 3. The Balaban J connectivity index is 1.72. The molecular formula is C18H16BrClN2O2. The van der Waals surface area contributed by atoms with Gasteiger partial charge in [-0.2, -0.15) is 0 Å². The first-order valence-corrected chi connectivity index (χ1v) is 8.74. The lowest BCUT2D eigenvalue weighted by Crippen LogP contribution is -2.28. The molecule has 0 saturated carbocycles. The molecular weight excluding hydrogens is 392 g/mol. The Morgan fingerprint density at radius 3 is 2.79 bits per heavy atom. The minimum atomic E-state index is -0.391. The van der Waals surface area contributed by atoms with Gasteiger partial charge in [-0.05, 0) is 42.8 Å². The third kappa shape index (κ3) is 3.62. The van der Waals surface area contributed by atoms with Gasteiger partial charge in [0.1, 0.15) is 0 Å². The van der Waals surface area contributed by atoms with Crippen molar-refractivity contribution >= 4 is 50.7 Å². The SMILES string of the molecule is Cc1cccc(N2C[C@H](C(=O)Nc3ccc(Br)cc3Cl)CC2=O)c1. The summed E-state index contributed by atoms with van der Waals surface area (Å²) in [5.41, 5.74) is 2.46. The highest BCUT2D eigenvalue weighted by Gasteiger charge is 2.35. The second-order valence-corrected chi connectivity index (χ2v) is 7.18. The maximum absolute atomic E-state index is 12.5. The number of benzene rings is 2. The fourth-order valence-electron chi connectivity index (χ4n) is 2.75. The van der Waals surface area contributed by atoms with Crippen molar-refractivity contribution in [2.75, 3.05) is 16.8 Å². The second-order valence-electron chi connectivity index (χ2n) is 5.86.